The maximum atomic E-state index is 12.2. The molecule has 7 heteroatoms. The zero-order valence-electron chi connectivity index (χ0n) is 14.8. The van der Waals surface area contributed by atoms with Gasteiger partial charge in [-0.05, 0) is 49.2 Å². The molecule has 0 saturated carbocycles. The highest BCUT2D eigenvalue weighted by Crippen LogP contribution is 2.26. The average Bonchev–Trinajstić information content (AvgIpc) is 2.57. The van der Waals surface area contributed by atoms with Gasteiger partial charge in [-0.3, -0.25) is 9.59 Å². The molecule has 0 aliphatic rings. The number of halogens is 2. The molecule has 1 unspecified atom stereocenters. The van der Waals surface area contributed by atoms with E-state index in [2.05, 4.69) is 16.0 Å². The first-order chi connectivity index (χ1) is 12.3. The molecule has 0 aliphatic carbocycles. The molecular weight excluding hydrogens is 373 g/mol. The van der Waals surface area contributed by atoms with Crippen LogP contribution in [0, 0.1) is 6.92 Å². The summed E-state index contributed by atoms with van der Waals surface area (Å²) in [4.78, 5) is 23.5. The maximum absolute atomic E-state index is 12.2. The van der Waals surface area contributed by atoms with Crippen molar-refractivity contribution in [1.82, 2.24) is 5.32 Å². The van der Waals surface area contributed by atoms with Crippen LogP contribution in [0.15, 0.2) is 36.4 Å². The Bertz CT molecular complexity index is 824. The second kappa shape index (κ2) is 8.92. The van der Waals surface area contributed by atoms with Crippen molar-refractivity contribution >= 4 is 46.4 Å². The monoisotopic (exact) mass is 393 g/mol. The largest absolute Gasteiger partial charge is 0.376 e. The molecule has 26 heavy (non-hydrogen) atoms. The molecule has 5 nitrogen and oxygen atoms in total. The maximum Gasteiger partial charge on any atom is 0.239 e. The van der Waals surface area contributed by atoms with E-state index in [4.69, 9.17) is 23.2 Å². The summed E-state index contributed by atoms with van der Waals surface area (Å²) in [6.07, 6.45) is 0. The summed E-state index contributed by atoms with van der Waals surface area (Å²) in [5.74, 6) is -0.300. The third kappa shape index (κ3) is 5.38. The third-order valence-electron chi connectivity index (χ3n) is 3.91. The van der Waals surface area contributed by atoms with Gasteiger partial charge in [0.25, 0.3) is 0 Å². The lowest BCUT2D eigenvalue weighted by molar-refractivity contribution is -0.120. The second-order valence-electron chi connectivity index (χ2n) is 5.98. The van der Waals surface area contributed by atoms with Gasteiger partial charge in [0.15, 0.2) is 0 Å². The van der Waals surface area contributed by atoms with Crippen molar-refractivity contribution < 1.29 is 9.59 Å². The molecule has 1 atom stereocenters. The molecule has 0 spiro atoms. The van der Waals surface area contributed by atoms with Crippen LogP contribution in [0.4, 0.5) is 11.4 Å². The van der Waals surface area contributed by atoms with Crippen molar-refractivity contribution in [2.45, 2.75) is 26.8 Å². The lowest BCUT2D eigenvalue weighted by Crippen LogP contribution is -2.32. The average molecular weight is 394 g/mol. The minimum atomic E-state index is -0.203. The summed E-state index contributed by atoms with van der Waals surface area (Å²) in [6.45, 7) is 5.32. The first kappa shape index (κ1) is 20.1. The van der Waals surface area contributed by atoms with E-state index in [1.165, 1.54) is 6.92 Å². The Hall–Kier alpha value is -2.24. The van der Waals surface area contributed by atoms with E-state index in [0.29, 0.717) is 15.7 Å². The number of hydrogen-bond acceptors (Lipinski definition) is 3. The minimum absolute atomic E-state index is 0.107. The smallest absolute Gasteiger partial charge is 0.239 e. The number of carbonyl (C=O) groups is 2. The van der Waals surface area contributed by atoms with Crippen LogP contribution in [0.1, 0.15) is 31.0 Å². The molecule has 0 saturated heterocycles. The lowest BCUT2D eigenvalue weighted by Gasteiger charge is -2.17. The van der Waals surface area contributed by atoms with Gasteiger partial charge in [0.2, 0.25) is 11.8 Å². The van der Waals surface area contributed by atoms with Crippen molar-refractivity contribution in [3.05, 3.63) is 57.6 Å². The highest BCUT2D eigenvalue weighted by Gasteiger charge is 2.12. The fourth-order valence-electron chi connectivity index (χ4n) is 2.49. The van der Waals surface area contributed by atoms with Crippen molar-refractivity contribution in [2.75, 3.05) is 17.2 Å². The van der Waals surface area contributed by atoms with Gasteiger partial charge in [-0.1, -0.05) is 35.3 Å². The van der Waals surface area contributed by atoms with Crippen molar-refractivity contribution in [2.24, 2.45) is 0 Å². The lowest BCUT2D eigenvalue weighted by atomic mass is 10.1. The normalized spacial score (nSPS) is 11.6. The Balaban J connectivity index is 1.96. The number of benzene rings is 2. The van der Waals surface area contributed by atoms with Crippen LogP contribution in [0.3, 0.4) is 0 Å². The molecule has 2 amide bonds. The summed E-state index contributed by atoms with van der Waals surface area (Å²) >= 11 is 11.9. The molecule has 2 rings (SSSR count). The van der Waals surface area contributed by atoms with Gasteiger partial charge in [0.1, 0.15) is 0 Å². The molecule has 0 aliphatic heterocycles. The zero-order chi connectivity index (χ0) is 19.3. The van der Waals surface area contributed by atoms with Crippen molar-refractivity contribution in [3.63, 3.8) is 0 Å². The number of rotatable bonds is 6. The van der Waals surface area contributed by atoms with E-state index >= 15 is 0 Å². The highest BCUT2D eigenvalue weighted by molar-refractivity contribution is 6.42. The van der Waals surface area contributed by atoms with E-state index in [-0.39, 0.29) is 24.4 Å². The van der Waals surface area contributed by atoms with E-state index in [9.17, 15) is 9.59 Å². The van der Waals surface area contributed by atoms with Gasteiger partial charge >= 0.3 is 0 Å². The Kier molecular flexibility index (Phi) is 6.89. The van der Waals surface area contributed by atoms with Gasteiger partial charge < -0.3 is 16.0 Å². The Morgan fingerprint density at radius 2 is 1.77 bits per heavy atom. The van der Waals surface area contributed by atoms with Gasteiger partial charge in [0, 0.05) is 18.3 Å². The van der Waals surface area contributed by atoms with E-state index in [0.717, 1.165) is 16.8 Å². The van der Waals surface area contributed by atoms with Crippen molar-refractivity contribution in [3.8, 4) is 0 Å². The molecule has 0 bridgehead atoms. The van der Waals surface area contributed by atoms with Crippen molar-refractivity contribution in [1.29, 1.82) is 0 Å². The van der Waals surface area contributed by atoms with Crippen LogP contribution in [-0.4, -0.2) is 18.4 Å². The Morgan fingerprint density at radius 1 is 1.08 bits per heavy atom. The predicted octanol–water partition coefficient (Wildman–Crippen LogP) is 4.55. The SMILES string of the molecule is CC(=O)Nc1cccc(NCC(=O)NC(C)c2ccc(Cl)c(Cl)c2)c1C. The fraction of sp³-hybridized carbons (Fsp3) is 0.263. The van der Waals surface area contributed by atoms with Crippen LogP contribution >= 0.6 is 23.2 Å². The van der Waals surface area contributed by atoms with Gasteiger partial charge in [-0.15, -0.1) is 0 Å². The minimum Gasteiger partial charge on any atom is -0.376 e. The molecule has 0 heterocycles. The van der Waals surface area contributed by atoms with Gasteiger partial charge in [-0.2, -0.15) is 0 Å². The molecule has 2 aromatic rings. The van der Waals surface area contributed by atoms with Crippen LogP contribution in [-0.2, 0) is 9.59 Å². The number of hydrogen-bond donors (Lipinski definition) is 3. The molecule has 0 radical (unpaired) electrons. The van der Waals surface area contributed by atoms with Crippen LogP contribution in [0.25, 0.3) is 0 Å². The number of anilines is 2. The van der Waals surface area contributed by atoms with E-state index < -0.39 is 0 Å². The first-order valence-corrected chi connectivity index (χ1v) is 8.89. The molecule has 138 valence electrons. The molecular formula is C19H21Cl2N3O2. The van der Waals surface area contributed by atoms with Crippen LogP contribution in [0.5, 0.6) is 0 Å². The first-order valence-electron chi connectivity index (χ1n) is 8.13. The van der Waals surface area contributed by atoms with E-state index in [1.54, 1.807) is 12.1 Å². The summed E-state index contributed by atoms with van der Waals surface area (Å²) in [5.41, 5.74) is 3.24. The van der Waals surface area contributed by atoms with Gasteiger partial charge in [-0.25, -0.2) is 0 Å². The quantitative estimate of drug-likeness (QED) is 0.673. The Labute approximate surface area is 163 Å². The van der Waals surface area contributed by atoms with Crippen LogP contribution < -0.4 is 16.0 Å². The van der Waals surface area contributed by atoms with E-state index in [1.807, 2.05) is 38.1 Å². The standard InChI is InChI=1S/C19H21Cl2N3O2/c1-11-17(5-4-6-18(11)24-13(3)25)22-10-19(26)23-12(2)14-7-8-15(20)16(21)9-14/h4-9,12,22H,10H2,1-3H3,(H,23,26)(H,24,25). The number of nitrogens with one attached hydrogen (secondary N) is 3. The second-order valence-corrected chi connectivity index (χ2v) is 6.79. The van der Waals surface area contributed by atoms with Crippen LogP contribution in [0.2, 0.25) is 10.0 Å². The third-order valence-corrected chi connectivity index (χ3v) is 4.64. The molecule has 3 N–H and O–H groups in total. The van der Waals surface area contributed by atoms with Gasteiger partial charge in [0.05, 0.1) is 22.6 Å². The molecule has 0 fully saturated rings. The fourth-order valence-corrected chi connectivity index (χ4v) is 2.79. The summed E-state index contributed by atoms with van der Waals surface area (Å²) in [7, 11) is 0. The molecule has 2 aromatic carbocycles. The highest BCUT2D eigenvalue weighted by atomic mass is 35.5. The summed E-state index contributed by atoms with van der Waals surface area (Å²) in [6, 6.07) is 10.6. The number of carbonyl (C=O) groups excluding carboxylic acids is 2. The zero-order valence-corrected chi connectivity index (χ0v) is 16.3. The Morgan fingerprint density at radius 3 is 2.42 bits per heavy atom. The summed E-state index contributed by atoms with van der Waals surface area (Å²) in [5, 5.41) is 9.69. The topological polar surface area (TPSA) is 70.2 Å². The molecule has 0 aromatic heterocycles. The predicted molar refractivity (Wildman–Crippen MR) is 107 cm³/mol. The number of amides is 2. The summed E-state index contributed by atoms with van der Waals surface area (Å²) < 4.78 is 0.